The lowest BCUT2D eigenvalue weighted by Crippen LogP contribution is -1.80. The summed E-state index contributed by atoms with van der Waals surface area (Å²) >= 11 is 3.55. The molecule has 0 atom stereocenters. The van der Waals surface area contributed by atoms with Gasteiger partial charge in [-0.2, -0.15) is 0 Å². The Balaban J connectivity index is 2.88. The molecule has 0 aliphatic rings. The van der Waals surface area contributed by atoms with E-state index in [1.54, 1.807) is 0 Å². The van der Waals surface area contributed by atoms with E-state index in [0.29, 0.717) is 0 Å². The molecule has 14 heavy (non-hydrogen) atoms. The van der Waals surface area contributed by atoms with E-state index in [4.69, 9.17) is 0 Å². The zero-order valence-corrected chi connectivity index (χ0v) is 9.43. The molecule has 0 radical (unpaired) electrons. The molecular formula is C13H9Br. The second-order valence-electron chi connectivity index (χ2n) is 3.02. The Bertz CT molecular complexity index is 524. The number of benzene rings is 2. The minimum atomic E-state index is 1.08. The van der Waals surface area contributed by atoms with Crippen molar-refractivity contribution in [3.05, 3.63) is 46.4 Å². The van der Waals surface area contributed by atoms with Crippen molar-refractivity contribution in [2.75, 3.05) is 0 Å². The van der Waals surface area contributed by atoms with Crippen molar-refractivity contribution in [2.24, 2.45) is 0 Å². The quantitative estimate of drug-likeness (QED) is 0.616. The van der Waals surface area contributed by atoms with E-state index in [1.165, 1.54) is 10.8 Å². The van der Waals surface area contributed by atoms with Gasteiger partial charge in [-0.3, -0.25) is 0 Å². The lowest BCUT2D eigenvalue weighted by atomic mass is 10.1. The van der Waals surface area contributed by atoms with Gasteiger partial charge in [-0.15, -0.1) is 5.92 Å². The van der Waals surface area contributed by atoms with Gasteiger partial charge in [-0.05, 0) is 24.4 Å². The van der Waals surface area contributed by atoms with Crippen molar-refractivity contribution in [1.29, 1.82) is 0 Å². The average molecular weight is 245 g/mol. The zero-order chi connectivity index (χ0) is 9.97. The fourth-order valence-electron chi connectivity index (χ4n) is 1.53. The molecular weight excluding hydrogens is 236 g/mol. The lowest BCUT2D eigenvalue weighted by molar-refractivity contribution is 1.67. The van der Waals surface area contributed by atoms with E-state index in [2.05, 4.69) is 39.9 Å². The molecule has 0 heterocycles. The predicted octanol–water partition coefficient (Wildman–Crippen LogP) is 3.97. The zero-order valence-electron chi connectivity index (χ0n) is 7.84. The number of hydrogen-bond donors (Lipinski definition) is 0. The number of rotatable bonds is 0. The molecule has 0 fully saturated rings. The molecule has 1 heteroatoms. The van der Waals surface area contributed by atoms with Gasteiger partial charge in [-0.25, -0.2) is 0 Å². The topological polar surface area (TPSA) is 0 Å². The Morgan fingerprint density at radius 1 is 1.07 bits per heavy atom. The van der Waals surface area contributed by atoms with Crippen molar-refractivity contribution < 1.29 is 0 Å². The van der Waals surface area contributed by atoms with Crippen molar-refractivity contribution in [3.63, 3.8) is 0 Å². The third kappa shape index (κ3) is 1.54. The molecule has 0 saturated heterocycles. The molecule has 0 nitrogen and oxygen atoms in total. The van der Waals surface area contributed by atoms with Crippen LogP contribution in [0.25, 0.3) is 10.8 Å². The molecule has 2 aromatic rings. The second kappa shape index (κ2) is 3.86. The number of hydrogen-bond acceptors (Lipinski definition) is 0. The molecule has 0 bridgehead atoms. The van der Waals surface area contributed by atoms with E-state index in [0.717, 1.165) is 10.0 Å². The molecule has 0 N–H and O–H groups in total. The largest absolute Gasteiger partial charge is 0.101 e. The molecule has 0 unspecified atom stereocenters. The highest BCUT2D eigenvalue weighted by molar-refractivity contribution is 9.10. The Morgan fingerprint density at radius 3 is 2.50 bits per heavy atom. The van der Waals surface area contributed by atoms with Crippen molar-refractivity contribution in [2.45, 2.75) is 6.92 Å². The van der Waals surface area contributed by atoms with Crippen LogP contribution in [0.2, 0.25) is 0 Å². The maximum Gasteiger partial charge on any atom is 0.0334 e. The standard InChI is InChI=1S/C13H9Br/c1-2-5-10-6-3-7-11-8-4-9-12(14)13(10)11/h3-4,6-9H,1H3. The maximum atomic E-state index is 3.55. The highest BCUT2D eigenvalue weighted by Crippen LogP contribution is 2.26. The third-order valence-corrected chi connectivity index (χ3v) is 2.77. The highest BCUT2D eigenvalue weighted by Gasteiger charge is 2.01. The van der Waals surface area contributed by atoms with Crippen LogP contribution in [0, 0.1) is 11.8 Å². The van der Waals surface area contributed by atoms with Crippen LogP contribution in [-0.4, -0.2) is 0 Å². The van der Waals surface area contributed by atoms with E-state index in [-0.39, 0.29) is 0 Å². The van der Waals surface area contributed by atoms with Gasteiger partial charge >= 0.3 is 0 Å². The number of fused-ring (bicyclic) bond motifs is 1. The molecule has 0 spiro atoms. The third-order valence-electron chi connectivity index (χ3n) is 2.11. The Kier molecular flexibility index (Phi) is 2.56. The van der Waals surface area contributed by atoms with E-state index < -0.39 is 0 Å². The van der Waals surface area contributed by atoms with Gasteiger partial charge in [0, 0.05) is 15.4 Å². The van der Waals surface area contributed by atoms with Crippen LogP contribution in [0.3, 0.4) is 0 Å². The average Bonchev–Trinajstić information content (AvgIpc) is 2.19. The molecule has 0 saturated carbocycles. The Labute approximate surface area is 92.1 Å². The first-order valence-electron chi connectivity index (χ1n) is 4.43. The molecule has 0 aliphatic carbocycles. The fourth-order valence-corrected chi connectivity index (χ4v) is 2.13. The van der Waals surface area contributed by atoms with Crippen LogP contribution in [-0.2, 0) is 0 Å². The van der Waals surface area contributed by atoms with Crippen molar-refractivity contribution >= 4 is 26.7 Å². The van der Waals surface area contributed by atoms with Crippen LogP contribution in [0.4, 0.5) is 0 Å². The first kappa shape index (κ1) is 9.30. The SMILES string of the molecule is CC#Cc1cccc2cccc(Br)c12. The summed E-state index contributed by atoms with van der Waals surface area (Å²) in [5.41, 5.74) is 1.08. The molecule has 0 amide bonds. The lowest BCUT2D eigenvalue weighted by Gasteiger charge is -2.02. The minimum absolute atomic E-state index is 1.08. The van der Waals surface area contributed by atoms with Gasteiger partial charge in [0.25, 0.3) is 0 Å². The van der Waals surface area contributed by atoms with Crippen LogP contribution in [0.15, 0.2) is 40.9 Å². The molecule has 0 aliphatic heterocycles. The molecule has 68 valence electrons. The van der Waals surface area contributed by atoms with Gasteiger partial charge in [0.05, 0.1) is 0 Å². The van der Waals surface area contributed by atoms with Crippen molar-refractivity contribution in [1.82, 2.24) is 0 Å². The van der Waals surface area contributed by atoms with Gasteiger partial charge in [-0.1, -0.05) is 46.1 Å². The molecule has 2 rings (SSSR count). The van der Waals surface area contributed by atoms with Gasteiger partial charge in [0.2, 0.25) is 0 Å². The van der Waals surface area contributed by atoms with Crippen LogP contribution < -0.4 is 0 Å². The molecule has 0 aromatic heterocycles. The summed E-state index contributed by atoms with van der Waals surface area (Å²) in [4.78, 5) is 0. The summed E-state index contributed by atoms with van der Waals surface area (Å²) in [7, 11) is 0. The van der Waals surface area contributed by atoms with E-state index in [9.17, 15) is 0 Å². The first-order chi connectivity index (χ1) is 6.83. The minimum Gasteiger partial charge on any atom is -0.101 e. The highest BCUT2D eigenvalue weighted by atomic mass is 79.9. The van der Waals surface area contributed by atoms with Gasteiger partial charge < -0.3 is 0 Å². The normalized spacial score (nSPS) is 9.57. The first-order valence-corrected chi connectivity index (χ1v) is 5.22. The van der Waals surface area contributed by atoms with Crippen molar-refractivity contribution in [3.8, 4) is 11.8 Å². The summed E-state index contributed by atoms with van der Waals surface area (Å²) in [5, 5.41) is 2.42. The van der Waals surface area contributed by atoms with Gasteiger partial charge in [0.15, 0.2) is 0 Å². The Hall–Kier alpha value is -1.26. The second-order valence-corrected chi connectivity index (χ2v) is 3.87. The Morgan fingerprint density at radius 2 is 1.79 bits per heavy atom. The number of halogens is 1. The molecule has 2 aromatic carbocycles. The summed E-state index contributed by atoms with van der Waals surface area (Å²) in [6, 6.07) is 12.4. The maximum absolute atomic E-state index is 3.55. The summed E-state index contributed by atoms with van der Waals surface area (Å²) < 4.78 is 1.10. The predicted molar refractivity (Wildman–Crippen MR) is 64.2 cm³/mol. The van der Waals surface area contributed by atoms with E-state index >= 15 is 0 Å². The summed E-state index contributed by atoms with van der Waals surface area (Å²) in [5.74, 6) is 6.04. The van der Waals surface area contributed by atoms with E-state index in [1.807, 2.05) is 31.2 Å². The van der Waals surface area contributed by atoms with Crippen LogP contribution in [0.5, 0.6) is 0 Å². The summed E-state index contributed by atoms with van der Waals surface area (Å²) in [6.07, 6.45) is 0. The van der Waals surface area contributed by atoms with Crippen LogP contribution >= 0.6 is 15.9 Å². The van der Waals surface area contributed by atoms with Gasteiger partial charge in [0.1, 0.15) is 0 Å². The smallest absolute Gasteiger partial charge is 0.0334 e. The van der Waals surface area contributed by atoms with Crippen LogP contribution in [0.1, 0.15) is 12.5 Å². The summed E-state index contributed by atoms with van der Waals surface area (Å²) in [6.45, 7) is 1.86. The fraction of sp³-hybridized carbons (Fsp3) is 0.0769. The monoisotopic (exact) mass is 244 g/mol.